The van der Waals surface area contributed by atoms with Gasteiger partial charge >= 0.3 is 0 Å². The molecule has 0 unspecified atom stereocenters. The van der Waals surface area contributed by atoms with Gasteiger partial charge in [0.25, 0.3) is 0 Å². The Morgan fingerprint density at radius 1 is 1.23 bits per heavy atom. The first-order valence-electron chi connectivity index (χ1n) is 7.13. The standard InChI is InChI=1S/C17H20N2O2S/c1-13-4-3-5-14(19-13)12-18-17(20)10-11-22-16-8-6-15(21-2)7-9-16/h3-9H,10-12H2,1-2H3,(H,18,20). The van der Waals surface area contributed by atoms with Crippen molar-refractivity contribution in [3.63, 3.8) is 0 Å². The second-order valence-electron chi connectivity index (χ2n) is 4.82. The van der Waals surface area contributed by atoms with Gasteiger partial charge in [-0.25, -0.2) is 0 Å². The van der Waals surface area contributed by atoms with Crippen LogP contribution in [0.2, 0.25) is 0 Å². The van der Waals surface area contributed by atoms with E-state index in [2.05, 4.69) is 10.3 Å². The molecule has 0 radical (unpaired) electrons. The van der Waals surface area contributed by atoms with Crippen molar-refractivity contribution in [2.45, 2.75) is 24.8 Å². The highest BCUT2D eigenvalue weighted by Gasteiger charge is 2.03. The second kappa shape index (κ2) is 8.44. The lowest BCUT2D eigenvalue weighted by molar-refractivity contribution is -0.120. The van der Waals surface area contributed by atoms with Crippen molar-refractivity contribution in [2.75, 3.05) is 12.9 Å². The van der Waals surface area contributed by atoms with Crippen LogP contribution in [0, 0.1) is 6.92 Å². The second-order valence-corrected chi connectivity index (χ2v) is 5.99. The highest BCUT2D eigenvalue weighted by molar-refractivity contribution is 7.99. The van der Waals surface area contributed by atoms with Gasteiger partial charge < -0.3 is 10.1 Å². The number of aromatic nitrogens is 1. The third-order valence-corrected chi connectivity index (χ3v) is 4.08. The first kappa shape index (κ1) is 16.4. The molecule has 2 rings (SSSR count). The number of carbonyl (C=O) groups is 1. The molecule has 22 heavy (non-hydrogen) atoms. The maximum atomic E-state index is 11.8. The summed E-state index contributed by atoms with van der Waals surface area (Å²) < 4.78 is 5.11. The molecular formula is C17H20N2O2S. The third kappa shape index (κ3) is 5.41. The molecule has 0 aliphatic heterocycles. The van der Waals surface area contributed by atoms with E-state index >= 15 is 0 Å². The highest BCUT2D eigenvalue weighted by Crippen LogP contribution is 2.21. The van der Waals surface area contributed by atoms with Crippen molar-refractivity contribution in [3.05, 3.63) is 53.9 Å². The lowest BCUT2D eigenvalue weighted by Gasteiger charge is -2.06. The number of nitrogens with one attached hydrogen (secondary N) is 1. The number of hydrogen-bond acceptors (Lipinski definition) is 4. The Bertz CT molecular complexity index is 614. The zero-order chi connectivity index (χ0) is 15.8. The van der Waals surface area contributed by atoms with Crippen LogP contribution in [-0.2, 0) is 11.3 Å². The van der Waals surface area contributed by atoms with Gasteiger partial charge in [-0.3, -0.25) is 9.78 Å². The number of aryl methyl sites for hydroxylation is 1. The van der Waals surface area contributed by atoms with Gasteiger partial charge in [-0.1, -0.05) is 6.07 Å². The number of methoxy groups -OCH3 is 1. The number of benzene rings is 1. The molecule has 1 amide bonds. The number of ether oxygens (including phenoxy) is 1. The van der Waals surface area contributed by atoms with Crippen LogP contribution < -0.4 is 10.1 Å². The fourth-order valence-corrected chi connectivity index (χ4v) is 2.76. The van der Waals surface area contributed by atoms with Crippen molar-refractivity contribution in [1.82, 2.24) is 10.3 Å². The van der Waals surface area contributed by atoms with Gasteiger partial charge in [0.1, 0.15) is 5.75 Å². The van der Waals surface area contributed by atoms with E-state index in [4.69, 9.17) is 4.74 Å². The van der Waals surface area contributed by atoms with Gasteiger partial charge in [-0.05, 0) is 43.3 Å². The van der Waals surface area contributed by atoms with Crippen LogP contribution in [0.15, 0.2) is 47.4 Å². The molecule has 1 N–H and O–H groups in total. The summed E-state index contributed by atoms with van der Waals surface area (Å²) in [5, 5.41) is 2.90. The predicted molar refractivity (Wildman–Crippen MR) is 89.2 cm³/mol. The van der Waals surface area contributed by atoms with Crippen LogP contribution in [0.5, 0.6) is 5.75 Å². The molecule has 0 saturated carbocycles. The van der Waals surface area contributed by atoms with Crippen LogP contribution in [0.3, 0.4) is 0 Å². The monoisotopic (exact) mass is 316 g/mol. The van der Waals surface area contributed by atoms with E-state index in [0.717, 1.165) is 27.8 Å². The molecule has 4 nitrogen and oxygen atoms in total. The summed E-state index contributed by atoms with van der Waals surface area (Å²) in [4.78, 5) is 17.3. The first-order valence-corrected chi connectivity index (χ1v) is 8.12. The quantitative estimate of drug-likeness (QED) is 0.797. The van der Waals surface area contributed by atoms with Crippen molar-refractivity contribution in [1.29, 1.82) is 0 Å². The summed E-state index contributed by atoms with van der Waals surface area (Å²) in [6, 6.07) is 13.6. The maximum absolute atomic E-state index is 11.8. The molecule has 0 aliphatic rings. The van der Waals surface area contributed by atoms with Crippen molar-refractivity contribution in [3.8, 4) is 5.75 Å². The Morgan fingerprint density at radius 3 is 2.68 bits per heavy atom. The molecule has 2 aromatic rings. The van der Waals surface area contributed by atoms with Gasteiger partial charge in [0.15, 0.2) is 0 Å². The molecule has 116 valence electrons. The summed E-state index contributed by atoms with van der Waals surface area (Å²) in [7, 11) is 1.65. The van der Waals surface area contributed by atoms with Crippen molar-refractivity contribution in [2.24, 2.45) is 0 Å². The summed E-state index contributed by atoms with van der Waals surface area (Å²) in [6.45, 7) is 2.42. The number of nitrogens with zero attached hydrogens (tertiary/aromatic N) is 1. The molecule has 0 saturated heterocycles. The molecule has 5 heteroatoms. The highest BCUT2D eigenvalue weighted by atomic mass is 32.2. The summed E-state index contributed by atoms with van der Waals surface area (Å²) >= 11 is 1.66. The lowest BCUT2D eigenvalue weighted by Crippen LogP contribution is -2.23. The summed E-state index contributed by atoms with van der Waals surface area (Å²) in [6.07, 6.45) is 0.489. The third-order valence-electron chi connectivity index (χ3n) is 3.07. The normalized spacial score (nSPS) is 10.3. The van der Waals surface area contributed by atoms with Gasteiger partial charge in [0.05, 0.1) is 19.3 Å². The fraction of sp³-hybridized carbons (Fsp3) is 0.294. The van der Waals surface area contributed by atoms with E-state index in [-0.39, 0.29) is 5.91 Å². The van der Waals surface area contributed by atoms with Crippen LogP contribution in [0.25, 0.3) is 0 Å². The van der Waals surface area contributed by atoms with Gasteiger partial charge in [-0.2, -0.15) is 0 Å². The Balaban J connectivity index is 1.69. The van der Waals surface area contributed by atoms with Crippen molar-refractivity contribution < 1.29 is 9.53 Å². The minimum absolute atomic E-state index is 0.0457. The summed E-state index contributed by atoms with van der Waals surface area (Å²) in [5.74, 6) is 1.64. The van der Waals surface area contributed by atoms with Gasteiger partial charge in [-0.15, -0.1) is 11.8 Å². The lowest BCUT2D eigenvalue weighted by atomic mass is 10.3. The van der Waals surface area contributed by atoms with Crippen molar-refractivity contribution >= 4 is 17.7 Å². The summed E-state index contributed by atoms with van der Waals surface area (Å²) in [5.41, 5.74) is 1.85. The minimum Gasteiger partial charge on any atom is -0.497 e. The number of pyridine rings is 1. The molecule has 0 atom stereocenters. The molecule has 0 bridgehead atoms. The fourth-order valence-electron chi connectivity index (χ4n) is 1.91. The molecular weight excluding hydrogens is 296 g/mol. The van der Waals surface area contributed by atoms with E-state index < -0.39 is 0 Å². The number of amides is 1. The molecule has 0 aliphatic carbocycles. The largest absolute Gasteiger partial charge is 0.497 e. The molecule has 1 aromatic heterocycles. The smallest absolute Gasteiger partial charge is 0.221 e. The average Bonchev–Trinajstić information content (AvgIpc) is 2.54. The van der Waals surface area contributed by atoms with E-state index in [9.17, 15) is 4.79 Å². The zero-order valence-corrected chi connectivity index (χ0v) is 13.7. The Morgan fingerprint density at radius 2 is 2.00 bits per heavy atom. The number of carbonyl (C=O) groups excluding carboxylic acids is 1. The SMILES string of the molecule is COc1ccc(SCCC(=O)NCc2cccc(C)n2)cc1. The van der Waals surface area contributed by atoms with E-state index in [1.165, 1.54) is 0 Å². The zero-order valence-electron chi connectivity index (χ0n) is 12.8. The molecule has 1 aromatic carbocycles. The van der Waals surface area contributed by atoms with Crippen LogP contribution in [-0.4, -0.2) is 23.8 Å². The Kier molecular flexibility index (Phi) is 6.27. The minimum atomic E-state index is 0.0457. The number of hydrogen-bond donors (Lipinski definition) is 1. The van der Waals surface area contributed by atoms with Gasteiger partial charge in [0.2, 0.25) is 5.91 Å². The van der Waals surface area contributed by atoms with Crippen LogP contribution >= 0.6 is 11.8 Å². The maximum Gasteiger partial charge on any atom is 0.221 e. The molecule has 1 heterocycles. The van der Waals surface area contributed by atoms with Crippen LogP contribution in [0.4, 0.5) is 0 Å². The molecule has 0 fully saturated rings. The Labute approximate surface area is 135 Å². The topological polar surface area (TPSA) is 51.2 Å². The van der Waals surface area contributed by atoms with E-state index in [1.54, 1.807) is 18.9 Å². The molecule has 0 spiro atoms. The number of rotatable bonds is 7. The van der Waals surface area contributed by atoms with Gasteiger partial charge in [0, 0.05) is 22.8 Å². The van der Waals surface area contributed by atoms with E-state index in [0.29, 0.717) is 13.0 Å². The van der Waals surface area contributed by atoms with E-state index in [1.807, 2.05) is 49.4 Å². The average molecular weight is 316 g/mol. The Hall–Kier alpha value is -2.01. The first-order chi connectivity index (χ1) is 10.7. The number of thioether (sulfide) groups is 1. The predicted octanol–water partition coefficient (Wildman–Crippen LogP) is 3.20. The van der Waals surface area contributed by atoms with Crippen LogP contribution in [0.1, 0.15) is 17.8 Å².